The first kappa shape index (κ1) is 17.6. The molecular weight excluding hydrogens is 317 g/mol. The van der Waals surface area contributed by atoms with Gasteiger partial charge >= 0.3 is 13.3 Å². The van der Waals surface area contributed by atoms with Gasteiger partial charge in [0.2, 0.25) is 0 Å². The van der Waals surface area contributed by atoms with E-state index in [9.17, 15) is 13.2 Å². The van der Waals surface area contributed by atoms with Crippen LogP contribution in [0.5, 0.6) is 0 Å². The minimum absolute atomic E-state index is 0.0583. The Labute approximate surface area is 133 Å². The molecule has 1 aromatic carbocycles. The van der Waals surface area contributed by atoms with Gasteiger partial charge in [0.1, 0.15) is 0 Å². The highest BCUT2D eigenvalue weighted by molar-refractivity contribution is 6.48. The van der Waals surface area contributed by atoms with Gasteiger partial charge in [-0.2, -0.15) is 13.2 Å². The number of hydrogen-bond donors (Lipinski definition) is 1. The fourth-order valence-electron chi connectivity index (χ4n) is 2.29. The Morgan fingerprint density at radius 2 is 1.64 bits per heavy atom. The molecule has 1 fully saturated rings. The van der Waals surface area contributed by atoms with E-state index in [1.807, 2.05) is 0 Å². The number of hydrogen-bond acceptors (Lipinski definition) is 3. The molecule has 0 bridgehead atoms. The normalized spacial score (nSPS) is 22.0. The zero-order valence-electron chi connectivity index (χ0n) is 12.8. The largest absolute Gasteiger partial charge is 0.480 e. The first-order valence-corrected chi connectivity index (χ1v) is 7.21. The third-order valence-corrected chi connectivity index (χ3v) is 4.59. The van der Waals surface area contributed by atoms with Crippen LogP contribution >= 0.6 is 11.6 Å². The van der Waals surface area contributed by atoms with Crippen LogP contribution in [0.1, 0.15) is 44.8 Å². The second kappa shape index (κ2) is 5.41. The Balaban J connectivity index is 2.42. The standard InChI is InChI=1S/C14H18BClF3NO2/c1-12(2)13(3,4)22-15(21-12)11(20)10-8(14(17,18)19)6-5-7-9(10)16/h5-7,11H,20H2,1-4H3/t11-/m0/s1. The van der Waals surface area contributed by atoms with Gasteiger partial charge in [-0.1, -0.05) is 17.7 Å². The van der Waals surface area contributed by atoms with E-state index in [4.69, 9.17) is 26.6 Å². The van der Waals surface area contributed by atoms with Gasteiger partial charge < -0.3 is 15.0 Å². The van der Waals surface area contributed by atoms with Crippen molar-refractivity contribution in [2.75, 3.05) is 0 Å². The molecule has 1 heterocycles. The minimum Gasteiger partial charge on any atom is -0.402 e. The first-order valence-electron chi connectivity index (χ1n) is 6.83. The molecule has 3 nitrogen and oxygen atoms in total. The number of rotatable bonds is 2. The lowest BCUT2D eigenvalue weighted by atomic mass is 9.73. The Morgan fingerprint density at radius 3 is 2.09 bits per heavy atom. The van der Waals surface area contributed by atoms with E-state index in [0.717, 1.165) is 6.07 Å². The molecule has 0 amide bonds. The molecule has 1 aliphatic heterocycles. The summed E-state index contributed by atoms with van der Waals surface area (Å²) in [5.41, 5.74) is 3.55. The van der Waals surface area contributed by atoms with E-state index in [-0.39, 0.29) is 10.6 Å². The Kier molecular flexibility index (Phi) is 4.32. The van der Waals surface area contributed by atoms with Crippen molar-refractivity contribution in [3.05, 3.63) is 34.3 Å². The molecule has 0 radical (unpaired) electrons. The average molecular weight is 336 g/mol. The molecule has 122 valence electrons. The van der Waals surface area contributed by atoms with Crippen LogP contribution in [-0.4, -0.2) is 18.3 Å². The number of alkyl halides is 3. The zero-order chi connectivity index (χ0) is 16.9. The monoisotopic (exact) mass is 335 g/mol. The molecule has 8 heteroatoms. The van der Waals surface area contributed by atoms with E-state index < -0.39 is 36.0 Å². The second-order valence-electron chi connectivity index (χ2n) is 6.35. The average Bonchev–Trinajstić information content (AvgIpc) is 2.56. The van der Waals surface area contributed by atoms with Crippen LogP contribution < -0.4 is 5.73 Å². The van der Waals surface area contributed by atoms with Crippen LogP contribution in [0.3, 0.4) is 0 Å². The van der Waals surface area contributed by atoms with Crippen LogP contribution in [0, 0.1) is 0 Å². The third kappa shape index (κ3) is 3.00. The highest BCUT2D eigenvalue weighted by atomic mass is 35.5. The molecule has 1 atom stereocenters. The van der Waals surface area contributed by atoms with E-state index >= 15 is 0 Å². The maximum Gasteiger partial charge on any atom is 0.480 e. The van der Waals surface area contributed by atoms with Gasteiger partial charge in [0.15, 0.2) is 0 Å². The second-order valence-corrected chi connectivity index (χ2v) is 6.76. The van der Waals surface area contributed by atoms with Crippen molar-refractivity contribution in [2.45, 2.75) is 51.0 Å². The molecule has 22 heavy (non-hydrogen) atoms. The summed E-state index contributed by atoms with van der Waals surface area (Å²) in [7, 11) is -1.01. The van der Waals surface area contributed by atoms with E-state index in [1.54, 1.807) is 27.7 Å². The summed E-state index contributed by atoms with van der Waals surface area (Å²) in [6.07, 6.45) is -4.55. The summed E-state index contributed by atoms with van der Waals surface area (Å²) in [6.45, 7) is 7.21. The van der Waals surface area contributed by atoms with Crippen molar-refractivity contribution in [3.63, 3.8) is 0 Å². The SMILES string of the molecule is CC1(C)OB([C@@H](N)c2c(Cl)cccc2C(F)(F)F)OC1(C)C. The van der Waals surface area contributed by atoms with Gasteiger partial charge in [0, 0.05) is 5.02 Å². The van der Waals surface area contributed by atoms with Crippen molar-refractivity contribution in [1.82, 2.24) is 0 Å². The van der Waals surface area contributed by atoms with Crippen molar-refractivity contribution in [2.24, 2.45) is 5.73 Å². The molecule has 0 spiro atoms. The highest BCUT2D eigenvalue weighted by Gasteiger charge is 2.54. The molecule has 1 aromatic rings. The van der Waals surface area contributed by atoms with Crippen molar-refractivity contribution in [3.8, 4) is 0 Å². The topological polar surface area (TPSA) is 44.5 Å². The van der Waals surface area contributed by atoms with Gasteiger partial charge in [-0.25, -0.2) is 0 Å². The third-order valence-electron chi connectivity index (χ3n) is 4.26. The van der Waals surface area contributed by atoms with Crippen LogP contribution in [0.2, 0.25) is 5.02 Å². The lowest BCUT2D eigenvalue weighted by Gasteiger charge is -2.32. The predicted molar refractivity (Wildman–Crippen MR) is 79.5 cm³/mol. The lowest BCUT2D eigenvalue weighted by molar-refractivity contribution is -0.138. The maximum atomic E-state index is 13.2. The van der Waals surface area contributed by atoms with Crippen LogP contribution in [0.25, 0.3) is 0 Å². The van der Waals surface area contributed by atoms with Crippen LogP contribution in [0.4, 0.5) is 13.2 Å². The smallest absolute Gasteiger partial charge is 0.402 e. The van der Waals surface area contributed by atoms with Crippen molar-refractivity contribution in [1.29, 1.82) is 0 Å². The first-order chi connectivity index (χ1) is 9.87. The van der Waals surface area contributed by atoms with E-state index in [2.05, 4.69) is 0 Å². The summed E-state index contributed by atoms with van der Waals surface area (Å²) in [4.78, 5) is 0. The molecule has 0 saturated carbocycles. The molecule has 0 unspecified atom stereocenters. The molecule has 2 rings (SSSR count). The van der Waals surface area contributed by atoms with Gasteiger partial charge in [-0.15, -0.1) is 0 Å². The van der Waals surface area contributed by atoms with E-state index in [1.165, 1.54) is 12.1 Å². The summed E-state index contributed by atoms with van der Waals surface area (Å²) in [5, 5.41) is -0.0583. The van der Waals surface area contributed by atoms with Gasteiger partial charge in [0.25, 0.3) is 0 Å². The van der Waals surface area contributed by atoms with Crippen LogP contribution in [-0.2, 0) is 15.5 Å². The van der Waals surface area contributed by atoms with Gasteiger partial charge in [-0.3, -0.25) is 0 Å². The fraction of sp³-hybridized carbons (Fsp3) is 0.571. The molecule has 2 N–H and O–H groups in total. The van der Waals surface area contributed by atoms with Gasteiger partial charge in [-0.05, 0) is 45.4 Å². The lowest BCUT2D eigenvalue weighted by Crippen LogP contribution is -2.41. The fourth-order valence-corrected chi connectivity index (χ4v) is 2.59. The Hall–Kier alpha value is -0.755. The number of benzene rings is 1. The van der Waals surface area contributed by atoms with Gasteiger partial charge in [0.05, 0.1) is 22.7 Å². The number of halogens is 4. The predicted octanol–water partition coefficient (Wildman–Crippen LogP) is 3.99. The number of nitrogens with two attached hydrogens (primary N) is 1. The maximum absolute atomic E-state index is 13.2. The van der Waals surface area contributed by atoms with Crippen molar-refractivity contribution >= 4 is 18.7 Å². The quantitative estimate of drug-likeness (QED) is 0.831. The minimum atomic E-state index is -4.55. The zero-order valence-corrected chi connectivity index (χ0v) is 13.5. The molecule has 0 aromatic heterocycles. The molecule has 1 aliphatic rings. The summed E-state index contributed by atoms with van der Waals surface area (Å²) < 4.78 is 51.0. The van der Waals surface area contributed by atoms with Crippen molar-refractivity contribution < 1.29 is 22.5 Å². The molecule has 0 aliphatic carbocycles. The Morgan fingerprint density at radius 1 is 1.14 bits per heavy atom. The summed E-state index contributed by atoms with van der Waals surface area (Å²) in [5.74, 6) is -1.15. The van der Waals surface area contributed by atoms with Crippen LogP contribution in [0.15, 0.2) is 18.2 Å². The summed E-state index contributed by atoms with van der Waals surface area (Å²) in [6, 6.07) is 3.56. The highest BCUT2D eigenvalue weighted by Crippen LogP contribution is 2.43. The molecule has 1 saturated heterocycles. The summed E-state index contributed by atoms with van der Waals surface area (Å²) >= 11 is 5.96. The van der Waals surface area contributed by atoms with E-state index in [0.29, 0.717) is 0 Å². The molecular formula is C14H18BClF3NO2. The Bertz CT molecular complexity index is 562.